The van der Waals surface area contributed by atoms with E-state index in [2.05, 4.69) is 5.32 Å². The SMILES string of the molecule is CCN[C@H](F)[C@H](C)CC. The van der Waals surface area contributed by atoms with E-state index in [4.69, 9.17) is 0 Å². The van der Waals surface area contributed by atoms with E-state index in [9.17, 15) is 4.39 Å². The Morgan fingerprint density at radius 2 is 2.00 bits per heavy atom. The van der Waals surface area contributed by atoms with E-state index >= 15 is 0 Å². The molecule has 0 aromatic heterocycles. The predicted octanol–water partition coefficient (Wildman–Crippen LogP) is 1.94. The standard InChI is InChI=1S/C7H16FN/c1-4-6(3)7(8)9-5-2/h6-7,9H,4-5H2,1-3H3/t6-,7+/m1/s1. The molecule has 0 aliphatic heterocycles. The van der Waals surface area contributed by atoms with Gasteiger partial charge in [-0.25, -0.2) is 4.39 Å². The molecule has 0 saturated heterocycles. The van der Waals surface area contributed by atoms with E-state index in [1.54, 1.807) is 0 Å². The average molecular weight is 133 g/mol. The highest BCUT2D eigenvalue weighted by Gasteiger charge is 2.10. The van der Waals surface area contributed by atoms with Gasteiger partial charge in [0.2, 0.25) is 0 Å². The van der Waals surface area contributed by atoms with E-state index in [0.29, 0.717) is 6.54 Å². The highest BCUT2D eigenvalue weighted by Crippen LogP contribution is 2.07. The number of halogens is 1. The third-order valence-electron chi connectivity index (χ3n) is 1.54. The molecule has 0 saturated carbocycles. The quantitative estimate of drug-likeness (QED) is 0.578. The molecule has 0 bridgehead atoms. The van der Waals surface area contributed by atoms with Gasteiger partial charge in [-0.15, -0.1) is 0 Å². The lowest BCUT2D eigenvalue weighted by atomic mass is 10.1. The van der Waals surface area contributed by atoms with Crippen LogP contribution in [0, 0.1) is 5.92 Å². The average Bonchev–Trinajstić information content (AvgIpc) is 1.87. The summed E-state index contributed by atoms with van der Waals surface area (Å²) in [6.45, 7) is 6.53. The van der Waals surface area contributed by atoms with Crippen LogP contribution in [-0.4, -0.2) is 12.8 Å². The summed E-state index contributed by atoms with van der Waals surface area (Å²) in [4.78, 5) is 0. The first-order valence-electron chi connectivity index (χ1n) is 3.59. The second-order valence-electron chi connectivity index (χ2n) is 2.34. The monoisotopic (exact) mass is 133 g/mol. The summed E-state index contributed by atoms with van der Waals surface area (Å²) in [5.74, 6) is 0.143. The van der Waals surface area contributed by atoms with Gasteiger partial charge in [-0.1, -0.05) is 20.8 Å². The molecule has 0 unspecified atom stereocenters. The maximum atomic E-state index is 12.7. The van der Waals surface area contributed by atoms with E-state index in [1.165, 1.54) is 0 Å². The van der Waals surface area contributed by atoms with Crippen molar-refractivity contribution in [1.29, 1.82) is 0 Å². The Labute approximate surface area is 56.6 Å². The Bertz CT molecular complexity index is 65.9. The molecule has 0 fully saturated rings. The van der Waals surface area contributed by atoms with Crippen molar-refractivity contribution in [3.05, 3.63) is 0 Å². The van der Waals surface area contributed by atoms with E-state index in [1.807, 2.05) is 20.8 Å². The lowest BCUT2D eigenvalue weighted by Crippen LogP contribution is -2.30. The van der Waals surface area contributed by atoms with Crippen molar-refractivity contribution in [3.8, 4) is 0 Å². The van der Waals surface area contributed by atoms with Crippen LogP contribution in [0.1, 0.15) is 27.2 Å². The molecule has 2 heteroatoms. The van der Waals surface area contributed by atoms with Crippen LogP contribution in [0.2, 0.25) is 0 Å². The highest BCUT2D eigenvalue weighted by molar-refractivity contribution is 4.58. The lowest BCUT2D eigenvalue weighted by Gasteiger charge is -2.14. The van der Waals surface area contributed by atoms with Crippen LogP contribution in [0.5, 0.6) is 0 Å². The van der Waals surface area contributed by atoms with Gasteiger partial charge in [-0.2, -0.15) is 0 Å². The molecule has 0 radical (unpaired) electrons. The van der Waals surface area contributed by atoms with Gasteiger partial charge in [0, 0.05) is 5.92 Å². The Balaban J connectivity index is 3.32. The lowest BCUT2D eigenvalue weighted by molar-refractivity contribution is 0.194. The van der Waals surface area contributed by atoms with Crippen molar-refractivity contribution < 1.29 is 4.39 Å². The zero-order chi connectivity index (χ0) is 7.28. The Morgan fingerprint density at radius 3 is 2.33 bits per heavy atom. The number of rotatable bonds is 4. The zero-order valence-corrected chi connectivity index (χ0v) is 6.45. The smallest absolute Gasteiger partial charge is 0.153 e. The molecule has 0 aromatic rings. The maximum Gasteiger partial charge on any atom is 0.153 e. The number of hydrogen-bond acceptors (Lipinski definition) is 1. The minimum Gasteiger partial charge on any atom is -0.288 e. The fourth-order valence-corrected chi connectivity index (χ4v) is 0.603. The second-order valence-corrected chi connectivity index (χ2v) is 2.34. The summed E-state index contributed by atoms with van der Waals surface area (Å²) >= 11 is 0. The van der Waals surface area contributed by atoms with Crippen LogP contribution in [0.3, 0.4) is 0 Å². The van der Waals surface area contributed by atoms with Gasteiger partial charge in [0.1, 0.15) is 0 Å². The van der Waals surface area contributed by atoms with Crippen LogP contribution in [0.4, 0.5) is 4.39 Å². The van der Waals surface area contributed by atoms with Crippen molar-refractivity contribution in [3.63, 3.8) is 0 Å². The summed E-state index contributed by atoms with van der Waals surface area (Å²) in [7, 11) is 0. The minimum atomic E-state index is -0.819. The molecular formula is C7H16FN. The van der Waals surface area contributed by atoms with Crippen molar-refractivity contribution in [1.82, 2.24) is 5.32 Å². The summed E-state index contributed by atoms with van der Waals surface area (Å²) in [6, 6.07) is 0. The normalized spacial score (nSPS) is 17.3. The molecule has 9 heavy (non-hydrogen) atoms. The Hall–Kier alpha value is -0.110. The molecule has 56 valence electrons. The molecule has 0 heterocycles. The van der Waals surface area contributed by atoms with E-state index < -0.39 is 6.30 Å². The fourth-order valence-electron chi connectivity index (χ4n) is 0.603. The molecule has 0 aromatic carbocycles. The molecule has 2 atom stereocenters. The Morgan fingerprint density at radius 1 is 1.44 bits per heavy atom. The first-order chi connectivity index (χ1) is 4.22. The summed E-state index contributed by atoms with van der Waals surface area (Å²) in [5.41, 5.74) is 0. The predicted molar refractivity (Wildman–Crippen MR) is 38.0 cm³/mol. The van der Waals surface area contributed by atoms with Gasteiger partial charge < -0.3 is 0 Å². The Kier molecular flexibility index (Phi) is 4.68. The van der Waals surface area contributed by atoms with Gasteiger partial charge in [0.15, 0.2) is 6.30 Å². The zero-order valence-electron chi connectivity index (χ0n) is 6.45. The molecule has 0 spiro atoms. The summed E-state index contributed by atoms with van der Waals surface area (Å²) in [5, 5.41) is 2.73. The molecule has 1 N–H and O–H groups in total. The minimum absolute atomic E-state index is 0.143. The van der Waals surface area contributed by atoms with Crippen LogP contribution < -0.4 is 5.32 Å². The van der Waals surface area contributed by atoms with Crippen LogP contribution in [0.15, 0.2) is 0 Å². The first kappa shape index (κ1) is 8.89. The largest absolute Gasteiger partial charge is 0.288 e. The molecule has 0 rings (SSSR count). The maximum absolute atomic E-state index is 12.7. The van der Waals surface area contributed by atoms with Crippen molar-refractivity contribution >= 4 is 0 Å². The highest BCUT2D eigenvalue weighted by atomic mass is 19.1. The van der Waals surface area contributed by atoms with Crippen LogP contribution in [-0.2, 0) is 0 Å². The molecule has 1 nitrogen and oxygen atoms in total. The third-order valence-corrected chi connectivity index (χ3v) is 1.54. The molecule has 0 aliphatic carbocycles. The second kappa shape index (κ2) is 4.74. The van der Waals surface area contributed by atoms with Gasteiger partial charge in [-0.3, -0.25) is 5.32 Å². The number of alkyl halides is 1. The first-order valence-corrected chi connectivity index (χ1v) is 3.59. The van der Waals surface area contributed by atoms with Crippen LogP contribution >= 0.6 is 0 Å². The summed E-state index contributed by atoms with van der Waals surface area (Å²) in [6.07, 6.45) is 0.0775. The molecular weight excluding hydrogens is 117 g/mol. The van der Waals surface area contributed by atoms with Gasteiger partial charge in [-0.05, 0) is 13.0 Å². The van der Waals surface area contributed by atoms with E-state index in [-0.39, 0.29) is 5.92 Å². The third kappa shape index (κ3) is 3.46. The molecule has 0 amide bonds. The van der Waals surface area contributed by atoms with E-state index in [0.717, 1.165) is 6.42 Å². The van der Waals surface area contributed by atoms with Crippen LogP contribution in [0.25, 0.3) is 0 Å². The van der Waals surface area contributed by atoms with Crippen molar-refractivity contribution in [2.24, 2.45) is 5.92 Å². The number of nitrogens with one attached hydrogen (secondary N) is 1. The molecule has 0 aliphatic rings. The van der Waals surface area contributed by atoms with Crippen molar-refractivity contribution in [2.75, 3.05) is 6.54 Å². The summed E-state index contributed by atoms with van der Waals surface area (Å²) < 4.78 is 12.7. The van der Waals surface area contributed by atoms with Gasteiger partial charge in [0.05, 0.1) is 0 Å². The number of hydrogen-bond donors (Lipinski definition) is 1. The van der Waals surface area contributed by atoms with Gasteiger partial charge in [0.25, 0.3) is 0 Å². The van der Waals surface area contributed by atoms with Gasteiger partial charge >= 0.3 is 0 Å². The topological polar surface area (TPSA) is 12.0 Å². The fraction of sp³-hybridized carbons (Fsp3) is 1.00. The van der Waals surface area contributed by atoms with Crippen molar-refractivity contribution in [2.45, 2.75) is 33.5 Å².